The van der Waals surface area contributed by atoms with Gasteiger partial charge in [0.25, 0.3) is 0 Å². The highest BCUT2D eigenvalue weighted by Crippen LogP contribution is 2.40. The molecule has 1 aromatic carbocycles. The zero-order valence-electron chi connectivity index (χ0n) is 10.6. The number of carboxylic acids is 1. The van der Waals surface area contributed by atoms with Gasteiger partial charge in [0.15, 0.2) is 11.6 Å². The third-order valence-corrected chi connectivity index (χ3v) is 4.90. The first-order chi connectivity index (χ1) is 8.97. The van der Waals surface area contributed by atoms with Gasteiger partial charge in [0, 0.05) is 10.1 Å². The minimum atomic E-state index is -0.888. The number of thioether (sulfide) groups is 1. The van der Waals surface area contributed by atoms with Gasteiger partial charge in [-0.2, -0.15) is 0 Å². The summed E-state index contributed by atoms with van der Waals surface area (Å²) in [5.41, 5.74) is 0. The number of hydrogen-bond donors (Lipinski definition) is 1. The summed E-state index contributed by atoms with van der Waals surface area (Å²) in [7, 11) is 0. The molecule has 1 N–H and O–H groups in total. The van der Waals surface area contributed by atoms with Crippen LogP contribution >= 0.6 is 11.8 Å². The second-order valence-corrected chi connectivity index (χ2v) is 6.41. The Bertz CT molecular complexity index is 479. The van der Waals surface area contributed by atoms with Gasteiger partial charge in [-0.3, -0.25) is 4.79 Å². The number of benzene rings is 1. The van der Waals surface area contributed by atoms with E-state index in [1.54, 1.807) is 0 Å². The average molecular weight is 286 g/mol. The van der Waals surface area contributed by atoms with E-state index >= 15 is 0 Å². The Kier molecular flexibility index (Phi) is 4.45. The molecule has 19 heavy (non-hydrogen) atoms. The molecule has 2 rings (SSSR count). The predicted molar refractivity (Wildman–Crippen MR) is 70.1 cm³/mol. The van der Waals surface area contributed by atoms with Crippen molar-refractivity contribution >= 4 is 17.7 Å². The van der Waals surface area contributed by atoms with E-state index in [9.17, 15) is 18.7 Å². The van der Waals surface area contributed by atoms with Crippen LogP contribution in [0.2, 0.25) is 0 Å². The van der Waals surface area contributed by atoms with Crippen molar-refractivity contribution in [3.05, 3.63) is 29.8 Å². The number of rotatable bonds is 3. The van der Waals surface area contributed by atoms with Gasteiger partial charge in [-0.05, 0) is 43.4 Å². The summed E-state index contributed by atoms with van der Waals surface area (Å²) >= 11 is 1.34. The van der Waals surface area contributed by atoms with Crippen molar-refractivity contribution in [2.45, 2.75) is 36.3 Å². The largest absolute Gasteiger partial charge is 0.481 e. The summed E-state index contributed by atoms with van der Waals surface area (Å²) in [6.45, 7) is 2.09. The molecule has 1 fully saturated rings. The van der Waals surface area contributed by atoms with Gasteiger partial charge in [-0.15, -0.1) is 11.8 Å². The smallest absolute Gasteiger partial charge is 0.307 e. The molecule has 3 atom stereocenters. The lowest BCUT2D eigenvalue weighted by atomic mass is 9.82. The van der Waals surface area contributed by atoms with E-state index in [1.807, 2.05) is 0 Å². The van der Waals surface area contributed by atoms with Crippen molar-refractivity contribution < 1.29 is 18.7 Å². The minimum absolute atomic E-state index is 0.0777. The third-order valence-electron chi connectivity index (χ3n) is 3.55. The van der Waals surface area contributed by atoms with Crippen molar-refractivity contribution in [2.24, 2.45) is 11.8 Å². The zero-order valence-corrected chi connectivity index (χ0v) is 11.4. The van der Waals surface area contributed by atoms with E-state index in [2.05, 4.69) is 6.92 Å². The molecule has 104 valence electrons. The Morgan fingerprint density at radius 1 is 1.32 bits per heavy atom. The van der Waals surface area contributed by atoms with Crippen LogP contribution in [0, 0.1) is 23.5 Å². The number of halogens is 2. The Balaban J connectivity index is 2.13. The van der Waals surface area contributed by atoms with E-state index in [-0.39, 0.29) is 5.25 Å². The maximum Gasteiger partial charge on any atom is 0.307 e. The molecule has 2 nitrogen and oxygen atoms in total. The van der Waals surface area contributed by atoms with Crippen LogP contribution in [0.5, 0.6) is 0 Å². The summed E-state index contributed by atoms with van der Waals surface area (Å²) < 4.78 is 26.0. The van der Waals surface area contributed by atoms with Crippen LogP contribution < -0.4 is 0 Å². The van der Waals surface area contributed by atoms with Crippen LogP contribution in [0.3, 0.4) is 0 Å². The Labute approximate surface area is 115 Å². The normalized spacial score (nSPS) is 27.2. The molecule has 1 saturated carbocycles. The average Bonchev–Trinajstić information content (AvgIpc) is 2.33. The SMILES string of the molecule is CC1CCC(C(=O)O)C(Sc2ccc(F)c(F)c2)C1. The van der Waals surface area contributed by atoms with Crippen LogP contribution in [0.4, 0.5) is 8.78 Å². The Hall–Kier alpha value is -1.10. The fourth-order valence-corrected chi connectivity index (χ4v) is 3.98. The van der Waals surface area contributed by atoms with E-state index in [0.29, 0.717) is 17.2 Å². The number of carboxylic acid groups (broad SMARTS) is 1. The molecule has 0 amide bonds. The molecule has 0 radical (unpaired) electrons. The second-order valence-electron chi connectivity index (χ2n) is 5.10. The first-order valence-corrected chi connectivity index (χ1v) is 7.20. The van der Waals surface area contributed by atoms with Crippen LogP contribution in [-0.4, -0.2) is 16.3 Å². The minimum Gasteiger partial charge on any atom is -0.481 e. The molecule has 0 bridgehead atoms. The summed E-state index contributed by atoms with van der Waals surface area (Å²) in [4.78, 5) is 11.8. The molecule has 1 aromatic rings. The fraction of sp³-hybridized carbons (Fsp3) is 0.500. The highest BCUT2D eigenvalue weighted by molar-refractivity contribution is 8.00. The Morgan fingerprint density at radius 3 is 2.68 bits per heavy atom. The molecule has 0 heterocycles. The van der Waals surface area contributed by atoms with Crippen molar-refractivity contribution in [1.29, 1.82) is 0 Å². The highest BCUT2D eigenvalue weighted by atomic mass is 32.2. The molecule has 0 aromatic heterocycles. The summed E-state index contributed by atoms with van der Waals surface area (Å²) in [6.07, 6.45) is 2.35. The number of hydrogen-bond acceptors (Lipinski definition) is 2. The van der Waals surface area contributed by atoms with Crippen LogP contribution in [0.15, 0.2) is 23.1 Å². The van der Waals surface area contributed by atoms with Gasteiger partial charge in [-0.25, -0.2) is 8.78 Å². The first-order valence-electron chi connectivity index (χ1n) is 6.32. The van der Waals surface area contributed by atoms with Crippen molar-refractivity contribution in [1.82, 2.24) is 0 Å². The van der Waals surface area contributed by atoms with Crippen molar-refractivity contribution in [3.8, 4) is 0 Å². The second kappa shape index (κ2) is 5.90. The molecule has 0 saturated heterocycles. The van der Waals surface area contributed by atoms with Crippen LogP contribution in [-0.2, 0) is 4.79 Å². The standard InChI is InChI=1S/C14H16F2O2S/c1-8-2-4-10(14(17)18)13(6-8)19-9-3-5-11(15)12(16)7-9/h3,5,7-8,10,13H,2,4,6H2,1H3,(H,17,18). The topological polar surface area (TPSA) is 37.3 Å². The molecule has 5 heteroatoms. The van der Waals surface area contributed by atoms with Crippen LogP contribution in [0.1, 0.15) is 26.2 Å². The molecular weight excluding hydrogens is 270 g/mol. The lowest BCUT2D eigenvalue weighted by Crippen LogP contribution is -2.32. The van der Waals surface area contributed by atoms with E-state index in [4.69, 9.17) is 0 Å². The van der Waals surface area contributed by atoms with E-state index in [0.717, 1.165) is 25.0 Å². The molecule has 1 aliphatic carbocycles. The third kappa shape index (κ3) is 3.47. The summed E-state index contributed by atoms with van der Waals surface area (Å²) in [6, 6.07) is 3.72. The number of carbonyl (C=O) groups is 1. The molecule has 0 spiro atoms. The summed E-state index contributed by atoms with van der Waals surface area (Å²) in [5, 5.41) is 9.15. The monoisotopic (exact) mass is 286 g/mol. The fourth-order valence-electron chi connectivity index (χ4n) is 2.47. The van der Waals surface area contributed by atoms with Crippen molar-refractivity contribution in [2.75, 3.05) is 0 Å². The lowest BCUT2D eigenvalue weighted by molar-refractivity contribution is -0.142. The number of aliphatic carboxylic acids is 1. The van der Waals surface area contributed by atoms with Crippen molar-refractivity contribution in [3.63, 3.8) is 0 Å². The van der Waals surface area contributed by atoms with Crippen LogP contribution in [0.25, 0.3) is 0 Å². The van der Waals surface area contributed by atoms with Gasteiger partial charge >= 0.3 is 5.97 Å². The molecular formula is C14H16F2O2S. The van der Waals surface area contributed by atoms with Gasteiger partial charge in [0.1, 0.15) is 0 Å². The molecule has 3 unspecified atom stereocenters. The quantitative estimate of drug-likeness (QED) is 0.914. The maximum atomic E-state index is 13.2. The van der Waals surface area contributed by atoms with Gasteiger partial charge in [0.2, 0.25) is 0 Å². The Morgan fingerprint density at radius 2 is 2.05 bits per heavy atom. The van der Waals surface area contributed by atoms with Gasteiger partial charge in [0.05, 0.1) is 5.92 Å². The highest BCUT2D eigenvalue weighted by Gasteiger charge is 2.34. The maximum absolute atomic E-state index is 13.2. The van der Waals surface area contributed by atoms with E-state index < -0.39 is 23.5 Å². The first kappa shape index (κ1) is 14.3. The summed E-state index contributed by atoms with van der Waals surface area (Å²) in [5.74, 6) is -2.50. The predicted octanol–water partition coefficient (Wildman–Crippen LogP) is 3.95. The van der Waals surface area contributed by atoms with E-state index in [1.165, 1.54) is 17.8 Å². The lowest BCUT2D eigenvalue weighted by Gasteiger charge is -2.31. The molecule has 1 aliphatic rings. The molecule has 0 aliphatic heterocycles. The van der Waals surface area contributed by atoms with Gasteiger partial charge in [-0.1, -0.05) is 6.92 Å². The zero-order chi connectivity index (χ0) is 14.0. The van der Waals surface area contributed by atoms with Gasteiger partial charge < -0.3 is 5.11 Å².